The van der Waals surface area contributed by atoms with Crippen molar-refractivity contribution >= 4 is 25.6 Å². The lowest BCUT2D eigenvalue weighted by Crippen LogP contribution is -2.06. The molecule has 4 nitrogen and oxygen atoms in total. The maximum atomic E-state index is 12.0. The van der Waals surface area contributed by atoms with E-state index in [9.17, 15) is 13.2 Å². The molecule has 110 valence electrons. The third kappa shape index (κ3) is 4.34. The van der Waals surface area contributed by atoms with Crippen LogP contribution in [0.3, 0.4) is 0 Å². The molecule has 2 rings (SSSR count). The van der Waals surface area contributed by atoms with Crippen molar-refractivity contribution in [1.82, 2.24) is 0 Å². The van der Waals surface area contributed by atoms with Crippen molar-refractivity contribution in [3.63, 3.8) is 0 Å². The Balaban J connectivity index is 1.94. The van der Waals surface area contributed by atoms with Gasteiger partial charge in [-0.3, -0.25) is 0 Å². The quantitative estimate of drug-likeness (QED) is 0.480. The molecule has 2 aromatic rings. The van der Waals surface area contributed by atoms with E-state index in [1.807, 2.05) is 6.92 Å². The molecule has 21 heavy (non-hydrogen) atoms. The number of hydrogen-bond donors (Lipinski definition) is 0. The van der Waals surface area contributed by atoms with Crippen LogP contribution in [0.25, 0.3) is 0 Å². The lowest BCUT2D eigenvalue weighted by atomic mass is 10.2. The molecule has 0 unspecified atom stereocenters. The zero-order chi connectivity index (χ0) is 15.3. The van der Waals surface area contributed by atoms with Gasteiger partial charge in [-0.05, 0) is 31.2 Å². The summed E-state index contributed by atoms with van der Waals surface area (Å²) in [6.07, 6.45) is 0. The normalized spacial score (nSPS) is 11.1. The first-order chi connectivity index (χ1) is 9.99. The molecule has 2 aromatic carbocycles. The number of carbonyl (C=O) groups is 1. The largest absolute Gasteiger partial charge is 0.450 e. The molecule has 0 N–H and O–H groups in total. The second-order valence-electron chi connectivity index (χ2n) is 4.30. The van der Waals surface area contributed by atoms with E-state index < -0.39 is 14.8 Å². The van der Waals surface area contributed by atoms with E-state index in [1.165, 1.54) is 12.1 Å². The van der Waals surface area contributed by atoms with Crippen molar-refractivity contribution in [3.05, 3.63) is 65.7 Å². The SMILES string of the molecule is Cc1ccc(S(=O)(=O)SCOC(=O)c2ccccc2)cc1. The van der Waals surface area contributed by atoms with E-state index in [1.54, 1.807) is 42.5 Å². The van der Waals surface area contributed by atoms with Gasteiger partial charge in [-0.2, -0.15) is 0 Å². The predicted octanol–water partition coefficient (Wildman–Crippen LogP) is 3.23. The van der Waals surface area contributed by atoms with Gasteiger partial charge in [-0.15, -0.1) is 0 Å². The van der Waals surface area contributed by atoms with E-state index in [-0.39, 0.29) is 10.8 Å². The summed E-state index contributed by atoms with van der Waals surface area (Å²) in [5.74, 6) is -0.786. The summed E-state index contributed by atoms with van der Waals surface area (Å²) in [6, 6.07) is 15.0. The number of hydrogen-bond acceptors (Lipinski definition) is 5. The van der Waals surface area contributed by atoms with E-state index >= 15 is 0 Å². The average Bonchev–Trinajstić information content (AvgIpc) is 2.48. The number of aryl methyl sites for hydroxylation is 1. The van der Waals surface area contributed by atoms with Gasteiger partial charge in [-0.1, -0.05) is 35.9 Å². The molecule has 0 bridgehead atoms. The van der Waals surface area contributed by atoms with Crippen molar-refractivity contribution in [1.29, 1.82) is 0 Å². The van der Waals surface area contributed by atoms with Crippen molar-refractivity contribution < 1.29 is 17.9 Å². The van der Waals surface area contributed by atoms with Crippen LogP contribution in [0.15, 0.2) is 59.5 Å². The first kappa shape index (κ1) is 15.6. The summed E-state index contributed by atoms with van der Waals surface area (Å²) >= 11 is 0. The minimum absolute atomic E-state index is 0.203. The van der Waals surface area contributed by atoms with E-state index in [0.29, 0.717) is 16.4 Å². The Morgan fingerprint density at radius 3 is 2.29 bits per heavy atom. The molecule has 0 amide bonds. The smallest absolute Gasteiger partial charge is 0.338 e. The van der Waals surface area contributed by atoms with Crippen LogP contribution in [0.1, 0.15) is 15.9 Å². The van der Waals surface area contributed by atoms with Gasteiger partial charge in [0, 0.05) is 10.8 Å². The summed E-state index contributed by atoms with van der Waals surface area (Å²) in [7, 11) is -2.93. The number of benzene rings is 2. The van der Waals surface area contributed by atoms with Crippen LogP contribution in [-0.4, -0.2) is 20.3 Å². The zero-order valence-electron chi connectivity index (χ0n) is 11.4. The molecule has 0 aliphatic carbocycles. The Morgan fingerprint density at radius 1 is 1.05 bits per heavy atom. The van der Waals surface area contributed by atoms with Crippen molar-refractivity contribution in [2.24, 2.45) is 0 Å². The monoisotopic (exact) mass is 322 g/mol. The van der Waals surface area contributed by atoms with Gasteiger partial charge in [0.05, 0.1) is 10.5 Å². The van der Waals surface area contributed by atoms with Crippen LogP contribution >= 0.6 is 10.8 Å². The molecule has 0 fully saturated rings. The molecule has 0 spiro atoms. The molecule has 0 heterocycles. The van der Waals surface area contributed by atoms with E-state index in [0.717, 1.165) is 5.56 Å². The van der Waals surface area contributed by atoms with Gasteiger partial charge in [0.1, 0.15) is 0 Å². The molecule has 0 atom stereocenters. The molecule has 0 radical (unpaired) electrons. The summed E-state index contributed by atoms with van der Waals surface area (Å²) < 4.78 is 29.0. The molecular formula is C15H14O4S2. The highest BCUT2D eigenvalue weighted by Gasteiger charge is 2.16. The fourth-order valence-electron chi connectivity index (χ4n) is 1.57. The molecular weight excluding hydrogens is 308 g/mol. The Labute approximate surface area is 127 Å². The first-order valence-electron chi connectivity index (χ1n) is 6.17. The highest BCUT2D eigenvalue weighted by Crippen LogP contribution is 2.23. The summed E-state index contributed by atoms with van der Waals surface area (Å²) in [6.45, 7) is 1.88. The predicted molar refractivity (Wildman–Crippen MR) is 82.7 cm³/mol. The van der Waals surface area contributed by atoms with Crippen molar-refractivity contribution in [2.75, 3.05) is 5.94 Å². The van der Waals surface area contributed by atoms with Gasteiger partial charge in [0.2, 0.25) is 8.87 Å². The summed E-state index contributed by atoms with van der Waals surface area (Å²) in [4.78, 5) is 11.9. The van der Waals surface area contributed by atoms with Gasteiger partial charge >= 0.3 is 5.97 Å². The van der Waals surface area contributed by atoms with Crippen LogP contribution in [0.4, 0.5) is 0 Å². The Kier molecular flexibility index (Phi) is 5.03. The minimum atomic E-state index is -3.52. The Bertz CT molecular complexity index is 707. The van der Waals surface area contributed by atoms with Gasteiger partial charge in [0.15, 0.2) is 5.94 Å². The van der Waals surface area contributed by atoms with E-state index in [4.69, 9.17) is 4.74 Å². The number of rotatable bonds is 5. The first-order valence-corrected chi connectivity index (χ1v) is 9.16. The van der Waals surface area contributed by atoms with Crippen LogP contribution in [0.5, 0.6) is 0 Å². The zero-order valence-corrected chi connectivity index (χ0v) is 13.0. The number of ether oxygens (including phenoxy) is 1. The summed E-state index contributed by atoms with van der Waals surface area (Å²) in [5, 5.41) is 0. The summed E-state index contributed by atoms with van der Waals surface area (Å²) in [5.41, 5.74) is 1.38. The third-order valence-electron chi connectivity index (χ3n) is 2.71. The van der Waals surface area contributed by atoms with E-state index in [2.05, 4.69) is 0 Å². The Hall–Kier alpha value is -1.79. The third-order valence-corrected chi connectivity index (χ3v) is 5.88. The lowest BCUT2D eigenvalue weighted by molar-refractivity contribution is 0.0580. The van der Waals surface area contributed by atoms with Gasteiger partial charge in [0.25, 0.3) is 0 Å². The highest BCUT2D eigenvalue weighted by atomic mass is 33.1. The van der Waals surface area contributed by atoms with Crippen molar-refractivity contribution in [3.8, 4) is 0 Å². The maximum Gasteiger partial charge on any atom is 0.338 e. The second-order valence-corrected chi connectivity index (χ2v) is 8.18. The van der Waals surface area contributed by atoms with Gasteiger partial charge in [-0.25, -0.2) is 13.2 Å². The van der Waals surface area contributed by atoms with Gasteiger partial charge < -0.3 is 4.74 Å². The lowest BCUT2D eigenvalue weighted by Gasteiger charge is -2.06. The standard InChI is InChI=1S/C15H14O4S2/c1-12-7-9-14(10-8-12)21(17,18)20-11-19-15(16)13-5-3-2-4-6-13/h2-10H,11H2,1H3. The molecule has 6 heteroatoms. The maximum absolute atomic E-state index is 12.0. The van der Waals surface area contributed by atoms with Crippen LogP contribution in [0.2, 0.25) is 0 Å². The molecule has 0 aromatic heterocycles. The fraction of sp³-hybridized carbons (Fsp3) is 0.133. The topological polar surface area (TPSA) is 60.4 Å². The second kappa shape index (κ2) is 6.78. The van der Waals surface area contributed by atoms with Crippen molar-refractivity contribution in [2.45, 2.75) is 11.8 Å². The molecule has 0 aliphatic rings. The molecule has 0 saturated carbocycles. The van der Waals surface area contributed by atoms with Crippen LogP contribution in [0, 0.1) is 6.92 Å². The highest BCUT2D eigenvalue weighted by molar-refractivity contribution is 8.72. The van der Waals surface area contributed by atoms with Crippen LogP contribution in [-0.2, 0) is 13.6 Å². The fourth-order valence-corrected chi connectivity index (χ4v) is 3.72. The minimum Gasteiger partial charge on any atom is -0.450 e. The molecule has 0 saturated heterocycles. The molecule has 0 aliphatic heterocycles. The number of esters is 1. The number of carbonyl (C=O) groups excluding carboxylic acids is 1. The Morgan fingerprint density at radius 2 is 1.67 bits per heavy atom. The average molecular weight is 322 g/mol. The van der Waals surface area contributed by atoms with Crippen LogP contribution < -0.4 is 0 Å².